The van der Waals surface area contributed by atoms with Gasteiger partial charge in [-0.1, -0.05) is 0 Å². The zero-order valence-corrected chi connectivity index (χ0v) is 10.7. The molecule has 0 radical (unpaired) electrons. The molecule has 0 bridgehead atoms. The fourth-order valence-corrected chi connectivity index (χ4v) is 1.17. The monoisotopic (exact) mass is 262 g/mol. The molecule has 0 saturated heterocycles. The number of carbonyl (C=O) groups excluding carboxylic acids is 2. The molecule has 18 heavy (non-hydrogen) atoms. The predicted molar refractivity (Wildman–Crippen MR) is 61.1 cm³/mol. The number of rotatable bonds is 7. The second-order valence-corrected chi connectivity index (χ2v) is 3.52. The highest BCUT2D eigenvalue weighted by atomic mass is 16.5. The molecule has 1 N–H and O–H groups in total. The van der Waals surface area contributed by atoms with Gasteiger partial charge in [-0.05, 0) is 0 Å². The minimum absolute atomic E-state index is 0.132. The van der Waals surface area contributed by atoms with Gasteiger partial charge in [-0.25, -0.2) is 4.79 Å². The maximum absolute atomic E-state index is 11.9. The van der Waals surface area contributed by atoms with Crippen LogP contribution in [0.25, 0.3) is 0 Å². The molecule has 0 fully saturated rings. The summed E-state index contributed by atoms with van der Waals surface area (Å²) in [7, 11) is 4.04. The Balaban J connectivity index is 4.51. The van der Waals surface area contributed by atoms with Crippen LogP contribution in [0.3, 0.4) is 0 Å². The third kappa shape index (κ3) is 6.04. The van der Waals surface area contributed by atoms with Crippen LogP contribution in [-0.2, 0) is 19.1 Å². The van der Waals surface area contributed by atoms with E-state index in [1.165, 1.54) is 21.3 Å². The molecule has 0 aliphatic carbocycles. The lowest BCUT2D eigenvalue weighted by atomic mass is 10.4. The van der Waals surface area contributed by atoms with Gasteiger partial charge in [0, 0.05) is 20.7 Å². The number of amides is 2. The van der Waals surface area contributed by atoms with Crippen molar-refractivity contribution in [3.8, 4) is 0 Å². The van der Waals surface area contributed by atoms with E-state index in [0.29, 0.717) is 0 Å². The van der Waals surface area contributed by atoms with Crippen molar-refractivity contribution in [2.45, 2.75) is 0 Å². The summed E-state index contributed by atoms with van der Waals surface area (Å²) in [4.78, 5) is 35.7. The Bertz CT molecular complexity index is 307. The zero-order chi connectivity index (χ0) is 14.1. The molecule has 8 nitrogen and oxygen atoms in total. The first-order valence-corrected chi connectivity index (χ1v) is 5.20. The van der Waals surface area contributed by atoms with Crippen molar-refractivity contribution in [2.24, 2.45) is 0 Å². The van der Waals surface area contributed by atoms with E-state index in [9.17, 15) is 14.4 Å². The molecule has 0 saturated carbocycles. The number of carboxylic acid groups (broad SMARTS) is 1. The number of aliphatic carboxylic acids is 1. The second kappa shape index (κ2) is 8.29. The molecule has 0 aliphatic heterocycles. The Morgan fingerprint density at radius 3 is 2.22 bits per heavy atom. The first-order chi connectivity index (χ1) is 8.42. The summed E-state index contributed by atoms with van der Waals surface area (Å²) in [6.45, 7) is -0.343. The standard InChI is InChI=1S/C10H18N2O6/c1-11(7-9(15)18-3)10(16)12(4-5-17-2)6-8(13)14/h4-7H2,1-3H3,(H,13,14). The van der Waals surface area contributed by atoms with Gasteiger partial charge in [0.25, 0.3) is 0 Å². The van der Waals surface area contributed by atoms with Gasteiger partial charge in [0.2, 0.25) is 0 Å². The molecule has 0 aliphatic rings. The van der Waals surface area contributed by atoms with Crippen LogP contribution in [0.15, 0.2) is 0 Å². The molecule has 104 valence electrons. The van der Waals surface area contributed by atoms with E-state index in [1.54, 1.807) is 0 Å². The van der Waals surface area contributed by atoms with Gasteiger partial charge in [0.05, 0.1) is 13.7 Å². The van der Waals surface area contributed by atoms with E-state index in [1.807, 2.05) is 0 Å². The number of carbonyl (C=O) groups is 3. The third-order valence-corrected chi connectivity index (χ3v) is 2.08. The Hall–Kier alpha value is -1.83. The van der Waals surface area contributed by atoms with Crippen molar-refractivity contribution in [1.82, 2.24) is 9.80 Å². The number of hydrogen-bond acceptors (Lipinski definition) is 5. The third-order valence-electron chi connectivity index (χ3n) is 2.08. The number of nitrogens with zero attached hydrogens (tertiary/aromatic N) is 2. The molecular formula is C10H18N2O6. The first-order valence-electron chi connectivity index (χ1n) is 5.20. The number of likely N-dealkylation sites (N-methyl/N-ethyl adjacent to an activating group) is 1. The van der Waals surface area contributed by atoms with E-state index in [4.69, 9.17) is 9.84 Å². The van der Waals surface area contributed by atoms with Crippen LogP contribution in [0.2, 0.25) is 0 Å². The number of hydrogen-bond donors (Lipinski definition) is 1. The minimum Gasteiger partial charge on any atom is -0.480 e. The molecule has 8 heteroatoms. The highest BCUT2D eigenvalue weighted by Gasteiger charge is 2.21. The Morgan fingerprint density at radius 2 is 1.78 bits per heavy atom. The maximum Gasteiger partial charge on any atom is 0.325 e. The summed E-state index contributed by atoms with van der Waals surface area (Å²) >= 11 is 0. The Labute approximate surface area is 105 Å². The van der Waals surface area contributed by atoms with E-state index >= 15 is 0 Å². The summed E-state index contributed by atoms with van der Waals surface area (Å²) in [5, 5.41) is 8.70. The normalized spacial score (nSPS) is 9.72. The van der Waals surface area contributed by atoms with Crippen molar-refractivity contribution in [3.63, 3.8) is 0 Å². The molecule has 0 aromatic carbocycles. The molecule has 0 heterocycles. The predicted octanol–water partition coefficient (Wildman–Crippen LogP) is -0.756. The van der Waals surface area contributed by atoms with E-state index in [2.05, 4.69) is 4.74 Å². The van der Waals surface area contributed by atoms with Gasteiger partial charge >= 0.3 is 18.0 Å². The van der Waals surface area contributed by atoms with Crippen molar-refractivity contribution in [1.29, 1.82) is 0 Å². The van der Waals surface area contributed by atoms with E-state index < -0.39 is 24.5 Å². The molecule has 0 aromatic heterocycles. The van der Waals surface area contributed by atoms with Crippen molar-refractivity contribution >= 4 is 18.0 Å². The number of esters is 1. The largest absolute Gasteiger partial charge is 0.480 e. The summed E-state index contributed by atoms with van der Waals surface area (Å²) in [5.41, 5.74) is 0. The van der Waals surface area contributed by atoms with Gasteiger partial charge in [-0.3, -0.25) is 9.59 Å². The highest BCUT2D eigenvalue weighted by molar-refractivity contribution is 5.83. The van der Waals surface area contributed by atoms with Crippen LogP contribution in [-0.4, -0.2) is 80.4 Å². The maximum atomic E-state index is 11.9. The zero-order valence-electron chi connectivity index (χ0n) is 10.7. The van der Waals surface area contributed by atoms with Gasteiger partial charge in [-0.15, -0.1) is 0 Å². The second-order valence-electron chi connectivity index (χ2n) is 3.52. The summed E-state index contributed by atoms with van der Waals surface area (Å²) in [6.07, 6.45) is 0. The number of methoxy groups -OCH3 is 2. The molecule has 0 unspecified atom stereocenters. The van der Waals surface area contributed by atoms with Crippen LogP contribution in [0.1, 0.15) is 0 Å². The summed E-state index contributed by atoms with van der Waals surface area (Å²) < 4.78 is 9.21. The molecule has 2 amide bonds. The highest BCUT2D eigenvalue weighted by Crippen LogP contribution is 1.98. The molecule has 0 spiro atoms. The van der Waals surface area contributed by atoms with Crippen LogP contribution in [0.4, 0.5) is 4.79 Å². The lowest BCUT2D eigenvalue weighted by molar-refractivity contribution is -0.141. The fraction of sp³-hybridized carbons (Fsp3) is 0.700. The number of urea groups is 1. The van der Waals surface area contributed by atoms with Crippen molar-refractivity contribution in [2.75, 3.05) is 47.5 Å². The fourth-order valence-electron chi connectivity index (χ4n) is 1.17. The van der Waals surface area contributed by atoms with Crippen LogP contribution >= 0.6 is 0 Å². The van der Waals surface area contributed by atoms with Crippen molar-refractivity contribution < 1.29 is 29.0 Å². The average molecular weight is 262 g/mol. The van der Waals surface area contributed by atoms with Crippen LogP contribution in [0.5, 0.6) is 0 Å². The van der Waals surface area contributed by atoms with Gasteiger partial charge in [-0.2, -0.15) is 0 Å². The molecule has 0 aromatic rings. The molecular weight excluding hydrogens is 244 g/mol. The number of carboxylic acids is 1. The first kappa shape index (κ1) is 16.2. The van der Waals surface area contributed by atoms with Crippen LogP contribution < -0.4 is 0 Å². The SMILES string of the molecule is COCCN(CC(=O)O)C(=O)N(C)CC(=O)OC. The quantitative estimate of drug-likeness (QED) is 0.606. The van der Waals surface area contributed by atoms with Crippen molar-refractivity contribution in [3.05, 3.63) is 0 Å². The van der Waals surface area contributed by atoms with Gasteiger partial charge in [0.15, 0.2) is 0 Å². The Morgan fingerprint density at radius 1 is 1.17 bits per heavy atom. The van der Waals surface area contributed by atoms with Gasteiger partial charge < -0.3 is 24.4 Å². The topological polar surface area (TPSA) is 96.4 Å². The number of ether oxygens (including phenoxy) is 2. The minimum atomic E-state index is -1.13. The lowest BCUT2D eigenvalue weighted by Gasteiger charge is -2.26. The van der Waals surface area contributed by atoms with E-state index in [-0.39, 0.29) is 19.7 Å². The molecule has 0 atom stereocenters. The smallest absolute Gasteiger partial charge is 0.325 e. The van der Waals surface area contributed by atoms with E-state index in [0.717, 1.165) is 9.80 Å². The van der Waals surface area contributed by atoms with Gasteiger partial charge in [0.1, 0.15) is 13.1 Å². The summed E-state index contributed by atoms with van der Waals surface area (Å²) in [5.74, 6) is -1.71. The average Bonchev–Trinajstić information content (AvgIpc) is 2.32. The summed E-state index contributed by atoms with van der Waals surface area (Å²) in [6, 6.07) is -0.570. The Kier molecular flexibility index (Phi) is 7.45. The molecule has 0 rings (SSSR count). The van der Waals surface area contributed by atoms with Crippen LogP contribution in [0, 0.1) is 0 Å². The lowest BCUT2D eigenvalue weighted by Crippen LogP contribution is -2.46.